The molecule has 0 saturated heterocycles. The second kappa shape index (κ2) is 5.73. The summed E-state index contributed by atoms with van der Waals surface area (Å²) in [6.07, 6.45) is 14.5. The summed E-state index contributed by atoms with van der Waals surface area (Å²) in [6, 6.07) is 0. The van der Waals surface area contributed by atoms with Crippen molar-refractivity contribution < 1.29 is 9.84 Å². The average molecular weight is 266 g/mol. The normalized spacial score (nSPS) is 42.0. The largest absolute Gasteiger partial charge is 0.392 e. The van der Waals surface area contributed by atoms with E-state index in [4.69, 9.17) is 4.74 Å². The smallest absolute Gasteiger partial charge is 0.0684 e. The predicted molar refractivity (Wildman–Crippen MR) is 77.1 cm³/mol. The first-order valence-electron chi connectivity index (χ1n) is 8.58. The summed E-state index contributed by atoms with van der Waals surface area (Å²) in [6.45, 7) is 2.31. The van der Waals surface area contributed by atoms with Gasteiger partial charge in [-0.25, -0.2) is 0 Å². The SMILES string of the molecule is CCC1CCCC(OC2CC(O)C23CCCCC3)C1. The van der Waals surface area contributed by atoms with Crippen molar-refractivity contribution in [2.45, 2.75) is 95.9 Å². The van der Waals surface area contributed by atoms with Crippen LogP contribution in [0, 0.1) is 11.3 Å². The molecule has 3 fully saturated rings. The van der Waals surface area contributed by atoms with Crippen molar-refractivity contribution in [3.05, 3.63) is 0 Å². The zero-order chi connectivity index (χ0) is 13.3. The molecule has 0 amide bonds. The molecule has 1 spiro atoms. The van der Waals surface area contributed by atoms with Crippen LogP contribution in [0.1, 0.15) is 77.6 Å². The summed E-state index contributed by atoms with van der Waals surface area (Å²) in [5.74, 6) is 0.881. The zero-order valence-corrected chi connectivity index (χ0v) is 12.4. The van der Waals surface area contributed by atoms with Gasteiger partial charge in [-0.05, 0) is 31.6 Å². The molecular formula is C17H30O2. The highest BCUT2D eigenvalue weighted by molar-refractivity contribution is 5.05. The van der Waals surface area contributed by atoms with Gasteiger partial charge in [0.15, 0.2) is 0 Å². The Kier molecular flexibility index (Phi) is 4.19. The van der Waals surface area contributed by atoms with Gasteiger partial charge >= 0.3 is 0 Å². The summed E-state index contributed by atoms with van der Waals surface area (Å²) < 4.78 is 6.46. The average Bonchev–Trinajstić information content (AvgIpc) is 2.48. The first-order valence-corrected chi connectivity index (χ1v) is 8.58. The number of rotatable bonds is 3. The molecule has 0 aromatic heterocycles. The molecular weight excluding hydrogens is 236 g/mol. The van der Waals surface area contributed by atoms with E-state index in [0.29, 0.717) is 12.2 Å². The lowest BCUT2D eigenvalue weighted by molar-refractivity contribution is -0.227. The lowest BCUT2D eigenvalue weighted by Gasteiger charge is -2.56. The van der Waals surface area contributed by atoms with Gasteiger partial charge in [-0.1, -0.05) is 45.4 Å². The number of aliphatic hydroxyl groups is 1. The molecule has 0 bridgehead atoms. The Labute approximate surface area is 117 Å². The van der Waals surface area contributed by atoms with E-state index in [1.807, 2.05) is 0 Å². The monoisotopic (exact) mass is 266 g/mol. The van der Waals surface area contributed by atoms with Crippen LogP contribution in [-0.2, 0) is 4.74 Å². The first-order chi connectivity index (χ1) is 9.24. The van der Waals surface area contributed by atoms with Crippen molar-refractivity contribution in [2.75, 3.05) is 0 Å². The first kappa shape index (κ1) is 13.9. The minimum atomic E-state index is -0.0802. The summed E-state index contributed by atoms with van der Waals surface area (Å²) in [7, 11) is 0. The van der Waals surface area contributed by atoms with Crippen molar-refractivity contribution in [1.82, 2.24) is 0 Å². The highest BCUT2D eigenvalue weighted by Gasteiger charge is 2.55. The standard InChI is InChI=1S/C17H30O2/c1-2-13-7-6-8-14(11-13)19-16-12-15(18)17(16)9-4-3-5-10-17/h13-16,18H,2-12H2,1H3. The maximum atomic E-state index is 10.2. The third-order valence-electron chi connectivity index (χ3n) is 6.20. The molecule has 2 nitrogen and oxygen atoms in total. The Morgan fingerprint density at radius 3 is 2.53 bits per heavy atom. The number of hydrogen-bond acceptors (Lipinski definition) is 2. The topological polar surface area (TPSA) is 29.5 Å². The Hall–Kier alpha value is -0.0800. The Morgan fingerprint density at radius 1 is 1.05 bits per heavy atom. The van der Waals surface area contributed by atoms with Crippen molar-refractivity contribution in [2.24, 2.45) is 11.3 Å². The van der Waals surface area contributed by atoms with Crippen LogP contribution in [0.2, 0.25) is 0 Å². The molecule has 0 aliphatic heterocycles. The van der Waals surface area contributed by atoms with Crippen LogP contribution in [0.5, 0.6) is 0 Å². The van der Waals surface area contributed by atoms with Gasteiger partial charge in [0.1, 0.15) is 0 Å². The molecule has 0 radical (unpaired) electrons. The second-order valence-electron chi connectivity index (χ2n) is 7.23. The quantitative estimate of drug-likeness (QED) is 0.835. The minimum Gasteiger partial charge on any atom is -0.392 e. The van der Waals surface area contributed by atoms with E-state index in [1.54, 1.807) is 0 Å². The summed E-state index contributed by atoms with van der Waals surface area (Å²) >= 11 is 0. The van der Waals surface area contributed by atoms with Crippen molar-refractivity contribution in [3.8, 4) is 0 Å². The molecule has 3 aliphatic carbocycles. The highest BCUT2D eigenvalue weighted by Crippen LogP contribution is 2.54. The van der Waals surface area contributed by atoms with Gasteiger partial charge in [0.05, 0.1) is 18.3 Å². The Bertz CT molecular complexity index is 296. The van der Waals surface area contributed by atoms with Gasteiger partial charge in [-0.3, -0.25) is 0 Å². The molecule has 2 heteroatoms. The van der Waals surface area contributed by atoms with Gasteiger partial charge in [-0.2, -0.15) is 0 Å². The molecule has 110 valence electrons. The van der Waals surface area contributed by atoms with Crippen molar-refractivity contribution >= 4 is 0 Å². The molecule has 0 aromatic carbocycles. The van der Waals surface area contributed by atoms with Crippen molar-refractivity contribution in [3.63, 3.8) is 0 Å². The fraction of sp³-hybridized carbons (Fsp3) is 1.00. The van der Waals surface area contributed by atoms with E-state index >= 15 is 0 Å². The third kappa shape index (κ3) is 2.58. The maximum Gasteiger partial charge on any atom is 0.0684 e. The van der Waals surface area contributed by atoms with E-state index in [-0.39, 0.29) is 11.5 Å². The molecule has 19 heavy (non-hydrogen) atoms. The van der Waals surface area contributed by atoms with E-state index < -0.39 is 0 Å². The van der Waals surface area contributed by atoms with Gasteiger partial charge in [-0.15, -0.1) is 0 Å². The van der Waals surface area contributed by atoms with Crippen LogP contribution in [0.3, 0.4) is 0 Å². The lowest BCUT2D eigenvalue weighted by atomic mass is 9.56. The van der Waals surface area contributed by atoms with Gasteiger partial charge < -0.3 is 9.84 Å². The number of ether oxygens (including phenoxy) is 1. The van der Waals surface area contributed by atoms with Gasteiger partial charge in [0.2, 0.25) is 0 Å². The van der Waals surface area contributed by atoms with Crippen LogP contribution < -0.4 is 0 Å². The summed E-state index contributed by atoms with van der Waals surface area (Å²) in [4.78, 5) is 0. The Balaban J connectivity index is 1.57. The lowest BCUT2D eigenvalue weighted by Crippen LogP contribution is -2.60. The summed E-state index contributed by atoms with van der Waals surface area (Å²) in [5.41, 5.74) is 0.150. The second-order valence-corrected chi connectivity index (χ2v) is 7.23. The van der Waals surface area contributed by atoms with Crippen LogP contribution in [0.15, 0.2) is 0 Å². The third-order valence-corrected chi connectivity index (χ3v) is 6.20. The molecule has 3 rings (SSSR count). The van der Waals surface area contributed by atoms with Crippen LogP contribution in [0.4, 0.5) is 0 Å². The Morgan fingerprint density at radius 2 is 1.84 bits per heavy atom. The molecule has 3 aliphatic rings. The van der Waals surface area contributed by atoms with E-state index in [9.17, 15) is 5.11 Å². The molecule has 4 unspecified atom stereocenters. The fourth-order valence-electron chi connectivity index (χ4n) is 4.75. The van der Waals surface area contributed by atoms with Crippen LogP contribution >= 0.6 is 0 Å². The molecule has 4 atom stereocenters. The van der Waals surface area contributed by atoms with E-state index in [2.05, 4.69) is 6.92 Å². The molecule has 0 heterocycles. The number of hydrogen-bond donors (Lipinski definition) is 1. The summed E-state index contributed by atoms with van der Waals surface area (Å²) in [5, 5.41) is 10.2. The molecule has 3 saturated carbocycles. The van der Waals surface area contributed by atoms with Crippen molar-refractivity contribution in [1.29, 1.82) is 0 Å². The highest BCUT2D eigenvalue weighted by atomic mass is 16.5. The number of aliphatic hydroxyl groups excluding tert-OH is 1. The zero-order valence-electron chi connectivity index (χ0n) is 12.4. The maximum absolute atomic E-state index is 10.2. The van der Waals surface area contributed by atoms with Gasteiger partial charge in [0.25, 0.3) is 0 Å². The minimum absolute atomic E-state index is 0.0802. The van der Waals surface area contributed by atoms with E-state index in [0.717, 1.165) is 12.3 Å². The molecule has 1 N–H and O–H groups in total. The molecule has 0 aromatic rings. The van der Waals surface area contributed by atoms with Gasteiger partial charge in [0, 0.05) is 11.8 Å². The van der Waals surface area contributed by atoms with E-state index in [1.165, 1.54) is 64.2 Å². The van der Waals surface area contributed by atoms with Crippen LogP contribution in [-0.4, -0.2) is 23.4 Å². The van der Waals surface area contributed by atoms with Crippen LogP contribution in [0.25, 0.3) is 0 Å². The fourth-order valence-corrected chi connectivity index (χ4v) is 4.75. The predicted octanol–water partition coefficient (Wildman–Crippen LogP) is 4.06.